The van der Waals surface area contributed by atoms with E-state index in [1.54, 1.807) is 0 Å². The van der Waals surface area contributed by atoms with Gasteiger partial charge in [-0.05, 0) is 44.7 Å². The van der Waals surface area contributed by atoms with Gasteiger partial charge < -0.3 is 4.90 Å². The summed E-state index contributed by atoms with van der Waals surface area (Å²) < 4.78 is 0. The van der Waals surface area contributed by atoms with Crippen LogP contribution in [0.1, 0.15) is 19.4 Å². The molecular weight excluding hydrogens is 267 g/mol. The molecular formula is C14H20Cl2N2. The third kappa shape index (κ3) is 2.76. The fourth-order valence-corrected chi connectivity index (χ4v) is 2.98. The van der Waals surface area contributed by atoms with Crippen molar-refractivity contribution in [3.05, 3.63) is 28.8 Å². The standard InChI is InChI=1S/C14H20Cl2N2/c1-10-8-18(9-11(2)17(10)3)14-5-4-13(16)6-12(14)7-15/h4-6,10-11H,7-9H2,1-3H3. The molecule has 2 rings (SSSR count). The SMILES string of the molecule is CC1CN(c2ccc(Cl)cc2CCl)CC(C)N1C. The van der Waals surface area contributed by atoms with E-state index in [0.717, 1.165) is 23.7 Å². The van der Waals surface area contributed by atoms with Gasteiger partial charge in [0.25, 0.3) is 0 Å². The molecule has 0 amide bonds. The normalized spacial score (nSPS) is 25.5. The maximum absolute atomic E-state index is 6.03. The van der Waals surface area contributed by atoms with Crippen molar-refractivity contribution in [2.75, 3.05) is 25.0 Å². The smallest absolute Gasteiger partial charge is 0.0495 e. The maximum Gasteiger partial charge on any atom is 0.0495 e. The predicted molar refractivity (Wildman–Crippen MR) is 79.9 cm³/mol. The number of hydrogen-bond acceptors (Lipinski definition) is 2. The van der Waals surface area contributed by atoms with Gasteiger partial charge in [0.2, 0.25) is 0 Å². The minimum Gasteiger partial charge on any atom is -0.368 e. The van der Waals surface area contributed by atoms with Gasteiger partial charge in [-0.2, -0.15) is 0 Å². The van der Waals surface area contributed by atoms with Crippen LogP contribution in [0.15, 0.2) is 18.2 Å². The van der Waals surface area contributed by atoms with Crippen molar-refractivity contribution >= 4 is 28.9 Å². The molecule has 0 radical (unpaired) electrons. The first kappa shape index (κ1) is 14.0. The second-order valence-corrected chi connectivity index (χ2v) is 5.88. The molecule has 2 nitrogen and oxygen atoms in total. The quantitative estimate of drug-likeness (QED) is 0.767. The second kappa shape index (κ2) is 5.68. The van der Waals surface area contributed by atoms with Crippen LogP contribution >= 0.6 is 23.2 Å². The number of anilines is 1. The molecule has 2 unspecified atom stereocenters. The Morgan fingerprint density at radius 1 is 1.22 bits per heavy atom. The molecule has 0 aliphatic carbocycles. The van der Waals surface area contributed by atoms with E-state index in [0.29, 0.717) is 18.0 Å². The number of likely N-dealkylation sites (N-methyl/N-ethyl adjacent to an activating group) is 1. The van der Waals surface area contributed by atoms with Crippen LogP contribution in [0, 0.1) is 0 Å². The zero-order valence-corrected chi connectivity index (χ0v) is 12.7. The lowest BCUT2D eigenvalue weighted by Gasteiger charge is -2.44. The molecule has 1 aliphatic heterocycles. The summed E-state index contributed by atoms with van der Waals surface area (Å²) in [4.78, 5) is 4.84. The maximum atomic E-state index is 6.03. The number of alkyl halides is 1. The fourth-order valence-electron chi connectivity index (χ4n) is 2.57. The zero-order chi connectivity index (χ0) is 13.3. The summed E-state index contributed by atoms with van der Waals surface area (Å²) in [5, 5.41) is 0.754. The number of halogens is 2. The molecule has 1 aromatic rings. The molecule has 100 valence electrons. The summed E-state index contributed by atoms with van der Waals surface area (Å²) in [5.74, 6) is 0.505. The Morgan fingerprint density at radius 2 is 1.83 bits per heavy atom. The largest absolute Gasteiger partial charge is 0.368 e. The number of piperazine rings is 1. The molecule has 1 fully saturated rings. The minimum absolute atomic E-state index is 0.505. The molecule has 0 saturated carbocycles. The van der Waals surface area contributed by atoms with Crippen LogP contribution in [0.2, 0.25) is 5.02 Å². The van der Waals surface area contributed by atoms with E-state index >= 15 is 0 Å². The lowest BCUT2D eigenvalue weighted by Crippen LogP contribution is -2.55. The summed E-state index contributed by atoms with van der Waals surface area (Å²) >= 11 is 12.1. The van der Waals surface area contributed by atoms with Crippen molar-refractivity contribution < 1.29 is 0 Å². The van der Waals surface area contributed by atoms with Crippen LogP contribution < -0.4 is 4.90 Å². The van der Waals surface area contributed by atoms with E-state index in [-0.39, 0.29) is 0 Å². The van der Waals surface area contributed by atoms with Crippen LogP contribution in [-0.2, 0) is 5.88 Å². The molecule has 1 aliphatic rings. The second-order valence-electron chi connectivity index (χ2n) is 5.18. The van der Waals surface area contributed by atoms with Crippen molar-refractivity contribution in [1.29, 1.82) is 0 Å². The van der Waals surface area contributed by atoms with Crippen molar-refractivity contribution in [3.63, 3.8) is 0 Å². The van der Waals surface area contributed by atoms with Gasteiger partial charge in [0.1, 0.15) is 0 Å². The monoisotopic (exact) mass is 286 g/mol. The molecule has 4 heteroatoms. The van der Waals surface area contributed by atoms with Crippen molar-refractivity contribution in [2.45, 2.75) is 31.8 Å². The van der Waals surface area contributed by atoms with Gasteiger partial charge in [-0.25, -0.2) is 0 Å². The highest BCUT2D eigenvalue weighted by molar-refractivity contribution is 6.30. The first-order valence-corrected chi connectivity index (χ1v) is 7.25. The van der Waals surface area contributed by atoms with Crippen molar-refractivity contribution in [1.82, 2.24) is 4.90 Å². The third-order valence-corrected chi connectivity index (χ3v) is 4.41. The first-order valence-electron chi connectivity index (χ1n) is 6.34. The van der Waals surface area contributed by atoms with E-state index < -0.39 is 0 Å². The Hall–Kier alpha value is -0.440. The van der Waals surface area contributed by atoms with Crippen LogP contribution in [0.4, 0.5) is 5.69 Å². The molecule has 0 bridgehead atoms. The first-order chi connectivity index (χ1) is 8.52. The van der Waals surface area contributed by atoms with Crippen LogP contribution in [-0.4, -0.2) is 37.1 Å². The Kier molecular flexibility index (Phi) is 4.41. The van der Waals surface area contributed by atoms with Crippen LogP contribution in [0.3, 0.4) is 0 Å². The Balaban J connectivity index is 2.26. The highest BCUT2D eigenvalue weighted by Gasteiger charge is 2.27. The summed E-state index contributed by atoms with van der Waals surface area (Å²) in [7, 11) is 2.19. The fraction of sp³-hybridized carbons (Fsp3) is 0.571. The van der Waals surface area contributed by atoms with Gasteiger partial charge in [-0.15, -0.1) is 11.6 Å². The van der Waals surface area contributed by atoms with Gasteiger partial charge in [-0.1, -0.05) is 11.6 Å². The lowest BCUT2D eigenvalue weighted by molar-refractivity contribution is 0.170. The molecule has 0 aromatic heterocycles. The molecule has 1 saturated heterocycles. The summed E-state index contributed by atoms with van der Waals surface area (Å²) in [6.45, 7) is 6.59. The number of hydrogen-bond donors (Lipinski definition) is 0. The molecule has 0 N–H and O–H groups in total. The Morgan fingerprint density at radius 3 is 2.39 bits per heavy atom. The molecule has 0 spiro atoms. The highest BCUT2D eigenvalue weighted by Crippen LogP contribution is 2.28. The van der Waals surface area contributed by atoms with Gasteiger partial charge in [0.15, 0.2) is 0 Å². The van der Waals surface area contributed by atoms with E-state index in [4.69, 9.17) is 23.2 Å². The van der Waals surface area contributed by atoms with Crippen LogP contribution in [0.5, 0.6) is 0 Å². The third-order valence-electron chi connectivity index (χ3n) is 3.89. The number of rotatable bonds is 2. The summed E-state index contributed by atoms with van der Waals surface area (Å²) in [6, 6.07) is 7.10. The number of benzene rings is 1. The van der Waals surface area contributed by atoms with E-state index in [1.165, 1.54) is 5.69 Å². The van der Waals surface area contributed by atoms with Gasteiger partial charge in [0, 0.05) is 41.8 Å². The number of nitrogens with zero attached hydrogens (tertiary/aromatic N) is 2. The van der Waals surface area contributed by atoms with Crippen molar-refractivity contribution in [3.8, 4) is 0 Å². The predicted octanol–water partition coefficient (Wildman–Crippen LogP) is 3.61. The lowest BCUT2D eigenvalue weighted by atomic mass is 10.1. The molecule has 2 atom stereocenters. The Bertz CT molecular complexity index is 410. The Labute approximate surface area is 119 Å². The van der Waals surface area contributed by atoms with Gasteiger partial charge in [0.05, 0.1) is 0 Å². The topological polar surface area (TPSA) is 6.48 Å². The van der Waals surface area contributed by atoms with E-state index in [2.05, 4.69) is 36.8 Å². The average Bonchev–Trinajstić information content (AvgIpc) is 2.35. The molecule has 1 aromatic carbocycles. The summed E-state index contributed by atoms with van der Waals surface area (Å²) in [5.41, 5.74) is 2.34. The van der Waals surface area contributed by atoms with Gasteiger partial charge >= 0.3 is 0 Å². The molecule has 18 heavy (non-hydrogen) atoms. The van der Waals surface area contributed by atoms with E-state index in [1.807, 2.05) is 12.1 Å². The average molecular weight is 287 g/mol. The van der Waals surface area contributed by atoms with Gasteiger partial charge in [-0.3, -0.25) is 4.90 Å². The minimum atomic E-state index is 0.505. The van der Waals surface area contributed by atoms with Crippen molar-refractivity contribution in [2.24, 2.45) is 0 Å². The molecule has 1 heterocycles. The zero-order valence-electron chi connectivity index (χ0n) is 11.2. The van der Waals surface area contributed by atoms with Crippen LogP contribution in [0.25, 0.3) is 0 Å². The highest BCUT2D eigenvalue weighted by atomic mass is 35.5. The summed E-state index contributed by atoms with van der Waals surface area (Å²) in [6.07, 6.45) is 0. The van der Waals surface area contributed by atoms with E-state index in [9.17, 15) is 0 Å².